The van der Waals surface area contributed by atoms with Gasteiger partial charge < -0.3 is 14.1 Å². The van der Waals surface area contributed by atoms with E-state index in [9.17, 15) is 9.59 Å². The summed E-state index contributed by atoms with van der Waals surface area (Å²) in [4.78, 5) is 30.1. The molecule has 0 aliphatic carbocycles. The maximum Gasteiger partial charge on any atom is 0.331 e. The predicted molar refractivity (Wildman–Crippen MR) is 103 cm³/mol. The second-order valence-electron chi connectivity index (χ2n) is 5.89. The van der Waals surface area contributed by atoms with E-state index < -0.39 is 5.97 Å². The Hall–Kier alpha value is -3.41. The number of rotatable bonds is 6. The lowest BCUT2D eigenvalue weighted by Crippen LogP contribution is -2.34. The molecule has 1 aromatic heterocycles. The van der Waals surface area contributed by atoms with E-state index in [-0.39, 0.29) is 12.5 Å². The molecule has 0 saturated carbocycles. The number of nitrogens with zero attached hydrogens (tertiary/aromatic N) is 2. The van der Waals surface area contributed by atoms with E-state index >= 15 is 0 Å². The Balaban J connectivity index is 1.59. The highest BCUT2D eigenvalue weighted by atomic mass is 16.5. The minimum Gasteiger partial charge on any atom is -0.452 e. The summed E-state index contributed by atoms with van der Waals surface area (Å²) in [7, 11) is 0. The SMILES string of the molecule is CCN(C(=O)COC(=O)/C=C/c1nc2ccccc2o1)c1ccccc1C. The number of para-hydroxylation sites is 3. The number of anilines is 1. The van der Waals surface area contributed by atoms with Crippen LogP contribution in [0.5, 0.6) is 0 Å². The molecule has 0 saturated heterocycles. The zero-order chi connectivity index (χ0) is 19.2. The molecule has 0 radical (unpaired) electrons. The van der Waals surface area contributed by atoms with Crippen LogP contribution < -0.4 is 4.90 Å². The highest BCUT2D eigenvalue weighted by Crippen LogP contribution is 2.19. The van der Waals surface area contributed by atoms with Gasteiger partial charge in [0.25, 0.3) is 5.91 Å². The van der Waals surface area contributed by atoms with Gasteiger partial charge in [0, 0.05) is 24.4 Å². The maximum atomic E-state index is 12.4. The van der Waals surface area contributed by atoms with Gasteiger partial charge >= 0.3 is 5.97 Å². The summed E-state index contributed by atoms with van der Waals surface area (Å²) in [6.07, 6.45) is 2.62. The lowest BCUT2D eigenvalue weighted by Gasteiger charge is -2.22. The third kappa shape index (κ3) is 4.41. The van der Waals surface area contributed by atoms with E-state index in [4.69, 9.17) is 9.15 Å². The standard InChI is InChI=1S/C21H20N2O4/c1-3-23(17-10-6-4-8-15(17)2)20(24)14-26-21(25)13-12-19-22-16-9-5-7-11-18(16)27-19/h4-13H,3,14H2,1-2H3/b13-12+. The number of amides is 1. The van der Waals surface area contributed by atoms with E-state index in [1.54, 1.807) is 11.0 Å². The summed E-state index contributed by atoms with van der Waals surface area (Å²) in [6, 6.07) is 14.9. The van der Waals surface area contributed by atoms with Crippen LogP contribution in [-0.2, 0) is 14.3 Å². The van der Waals surface area contributed by atoms with Gasteiger partial charge in [-0.2, -0.15) is 0 Å². The molecule has 2 aromatic carbocycles. The van der Waals surface area contributed by atoms with Crippen molar-refractivity contribution in [1.82, 2.24) is 4.98 Å². The van der Waals surface area contributed by atoms with Gasteiger partial charge in [0.1, 0.15) is 5.52 Å². The summed E-state index contributed by atoms with van der Waals surface area (Å²) in [5, 5.41) is 0. The van der Waals surface area contributed by atoms with Gasteiger partial charge in [-0.25, -0.2) is 9.78 Å². The van der Waals surface area contributed by atoms with Crippen LogP contribution in [0.4, 0.5) is 5.69 Å². The quantitative estimate of drug-likeness (QED) is 0.492. The number of oxazole rings is 1. The molecule has 0 atom stereocenters. The van der Waals surface area contributed by atoms with Gasteiger partial charge in [0.2, 0.25) is 5.89 Å². The molecule has 0 aliphatic heterocycles. The largest absolute Gasteiger partial charge is 0.452 e. The lowest BCUT2D eigenvalue weighted by molar-refractivity contribution is -0.142. The van der Waals surface area contributed by atoms with E-state index in [1.807, 2.05) is 56.3 Å². The molecule has 0 unspecified atom stereocenters. The Morgan fingerprint density at radius 3 is 2.63 bits per heavy atom. The van der Waals surface area contributed by atoms with Crippen molar-refractivity contribution in [1.29, 1.82) is 0 Å². The first-order valence-electron chi connectivity index (χ1n) is 8.65. The van der Waals surface area contributed by atoms with Crippen molar-refractivity contribution in [2.75, 3.05) is 18.1 Å². The Morgan fingerprint density at radius 1 is 1.15 bits per heavy atom. The third-order valence-corrected chi connectivity index (χ3v) is 4.03. The van der Waals surface area contributed by atoms with Gasteiger partial charge in [-0.15, -0.1) is 0 Å². The molecule has 6 nitrogen and oxygen atoms in total. The van der Waals surface area contributed by atoms with Crippen LogP contribution in [0.1, 0.15) is 18.4 Å². The number of likely N-dealkylation sites (N-methyl/N-ethyl adjacent to an activating group) is 1. The summed E-state index contributed by atoms with van der Waals surface area (Å²) in [5.41, 5.74) is 3.13. The average Bonchev–Trinajstić information content (AvgIpc) is 3.10. The molecule has 0 spiro atoms. The normalized spacial score (nSPS) is 11.0. The van der Waals surface area contributed by atoms with Crippen molar-refractivity contribution < 1.29 is 18.7 Å². The Morgan fingerprint density at radius 2 is 1.89 bits per heavy atom. The minimum absolute atomic E-state index is 0.282. The fraction of sp³-hybridized carbons (Fsp3) is 0.190. The van der Waals surface area contributed by atoms with Crippen molar-refractivity contribution in [2.24, 2.45) is 0 Å². The molecule has 6 heteroatoms. The van der Waals surface area contributed by atoms with Crippen LogP contribution in [0.25, 0.3) is 17.2 Å². The molecule has 0 fully saturated rings. The zero-order valence-electron chi connectivity index (χ0n) is 15.2. The Bertz CT molecular complexity index is 958. The highest BCUT2D eigenvalue weighted by Gasteiger charge is 2.16. The van der Waals surface area contributed by atoms with Crippen LogP contribution in [0.2, 0.25) is 0 Å². The number of esters is 1. The molecule has 0 N–H and O–H groups in total. The number of aryl methyl sites for hydroxylation is 1. The minimum atomic E-state index is -0.633. The first-order valence-corrected chi connectivity index (χ1v) is 8.65. The molecular formula is C21H20N2O4. The molecule has 138 valence electrons. The topological polar surface area (TPSA) is 72.6 Å². The van der Waals surface area contributed by atoms with E-state index in [1.165, 1.54) is 12.2 Å². The van der Waals surface area contributed by atoms with Gasteiger partial charge in [-0.3, -0.25) is 4.79 Å². The van der Waals surface area contributed by atoms with Gasteiger partial charge in [0.05, 0.1) is 0 Å². The van der Waals surface area contributed by atoms with Gasteiger partial charge in [0.15, 0.2) is 12.2 Å². The highest BCUT2D eigenvalue weighted by molar-refractivity contribution is 5.97. The summed E-state index contributed by atoms with van der Waals surface area (Å²) in [5.74, 6) is -0.614. The van der Waals surface area contributed by atoms with Crippen molar-refractivity contribution in [3.05, 3.63) is 66.1 Å². The second-order valence-corrected chi connectivity index (χ2v) is 5.89. The monoisotopic (exact) mass is 364 g/mol. The van der Waals surface area contributed by atoms with E-state index in [0.29, 0.717) is 23.5 Å². The van der Waals surface area contributed by atoms with Crippen LogP contribution in [0, 0.1) is 6.92 Å². The number of hydrogen-bond donors (Lipinski definition) is 0. The molecular weight excluding hydrogens is 344 g/mol. The zero-order valence-corrected chi connectivity index (χ0v) is 15.2. The molecule has 3 aromatic rings. The summed E-state index contributed by atoms with van der Waals surface area (Å²) >= 11 is 0. The summed E-state index contributed by atoms with van der Waals surface area (Å²) in [6.45, 7) is 3.96. The number of benzene rings is 2. The predicted octanol–water partition coefficient (Wildman–Crippen LogP) is 3.75. The maximum absolute atomic E-state index is 12.4. The molecule has 0 bridgehead atoms. The first-order chi connectivity index (χ1) is 13.1. The molecule has 0 aliphatic rings. The fourth-order valence-corrected chi connectivity index (χ4v) is 2.71. The van der Waals surface area contributed by atoms with Crippen molar-refractivity contribution in [3.8, 4) is 0 Å². The number of ether oxygens (including phenoxy) is 1. The summed E-state index contributed by atoms with van der Waals surface area (Å²) < 4.78 is 10.5. The fourth-order valence-electron chi connectivity index (χ4n) is 2.71. The van der Waals surface area contributed by atoms with Crippen LogP contribution in [0.3, 0.4) is 0 Å². The van der Waals surface area contributed by atoms with Crippen LogP contribution in [0.15, 0.2) is 59.0 Å². The Labute approximate surface area is 157 Å². The Kier molecular flexibility index (Phi) is 5.66. The average molecular weight is 364 g/mol. The van der Waals surface area contributed by atoms with Crippen LogP contribution in [-0.4, -0.2) is 30.0 Å². The molecule has 1 amide bonds. The van der Waals surface area contributed by atoms with Crippen molar-refractivity contribution in [2.45, 2.75) is 13.8 Å². The smallest absolute Gasteiger partial charge is 0.331 e. The van der Waals surface area contributed by atoms with E-state index in [2.05, 4.69) is 4.98 Å². The second kappa shape index (κ2) is 8.31. The lowest BCUT2D eigenvalue weighted by atomic mass is 10.2. The van der Waals surface area contributed by atoms with Crippen molar-refractivity contribution in [3.63, 3.8) is 0 Å². The third-order valence-electron chi connectivity index (χ3n) is 4.03. The first kappa shape index (κ1) is 18.4. The number of hydrogen-bond acceptors (Lipinski definition) is 5. The number of fused-ring (bicyclic) bond motifs is 1. The number of carbonyl (C=O) groups is 2. The molecule has 3 rings (SSSR count). The van der Waals surface area contributed by atoms with Crippen molar-refractivity contribution >= 4 is 34.7 Å². The number of aromatic nitrogens is 1. The molecule has 1 heterocycles. The van der Waals surface area contributed by atoms with Crippen LogP contribution >= 0.6 is 0 Å². The van der Waals surface area contributed by atoms with Gasteiger partial charge in [-0.05, 0) is 37.6 Å². The number of carbonyl (C=O) groups excluding carboxylic acids is 2. The molecule has 27 heavy (non-hydrogen) atoms. The van der Waals surface area contributed by atoms with Gasteiger partial charge in [-0.1, -0.05) is 30.3 Å². The van der Waals surface area contributed by atoms with E-state index in [0.717, 1.165) is 11.3 Å².